The molecule has 1 heteroatoms. The Morgan fingerprint density at radius 3 is 2.87 bits per heavy atom. The topological polar surface area (TPSA) is 17.1 Å². The molecule has 0 saturated heterocycles. The van der Waals surface area contributed by atoms with Crippen LogP contribution in [0.4, 0.5) is 0 Å². The molecule has 0 heterocycles. The Bertz CT molecular complexity index is 464. The van der Waals surface area contributed by atoms with Crippen LogP contribution in [-0.4, -0.2) is 5.78 Å². The maximum atomic E-state index is 11.5. The molecule has 0 radical (unpaired) electrons. The van der Waals surface area contributed by atoms with Gasteiger partial charge in [-0.3, -0.25) is 4.79 Å². The molecule has 0 unspecified atom stereocenters. The van der Waals surface area contributed by atoms with Crippen molar-refractivity contribution in [2.75, 3.05) is 0 Å². The molecule has 0 bridgehead atoms. The Labute approximate surface area is 89.4 Å². The summed E-state index contributed by atoms with van der Waals surface area (Å²) in [6, 6.07) is 8.00. The number of hydrogen-bond acceptors (Lipinski definition) is 1. The van der Waals surface area contributed by atoms with Gasteiger partial charge >= 0.3 is 0 Å². The van der Waals surface area contributed by atoms with Gasteiger partial charge in [0.15, 0.2) is 5.78 Å². The lowest BCUT2D eigenvalue weighted by Gasteiger charge is -2.13. The van der Waals surface area contributed by atoms with Crippen molar-refractivity contribution in [1.29, 1.82) is 0 Å². The molecule has 0 spiro atoms. The number of fused-ring (bicyclic) bond motifs is 1. The van der Waals surface area contributed by atoms with Crippen molar-refractivity contribution in [3.05, 3.63) is 66.3 Å². The summed E-state index contributed by atoms with van der Waals surface area (Å²) >= 11 is 0. The van der Waals surface area contributed by atoms with E-state index in [0.29, 0.717) is 6.42 Å². The second kappa shape index (κ2) is 4.09. The van der Waals surface area contributed by atoms with Crippen LogP contribution in [-0.2, 0) is 11.2 Å². The fraction of sp³-hybridized carbons (Fsp3) is 0.0714. The van der Waals surface area contributed by atoms with E-state index >= 15 is 0 Å². The molecule has 0 saturated carbocycles. The van der Waals surface area contributed by atoms with Gasteiger partial charge in [-0.15, -0.1) is 0 Å². The van der Waals surface area contributed by atoms with Crippen LogP contribution in [0.3, 0.4) is 0 Å². The third-order valence-corrected chi connectivity index (χ3v) is 2.42. The molecule has 0 N–H and O–H groups in total. The van der Waals surface area contributed by atoms with Crippen LogP contribution in [0.15, 0.2) is 55.1 Å². The van der Waals surface area contributed by atoms with Crippen LogP contribution in [0.1, 0.15) is 11.1 Å². The van der Waals surface area contributed by atoms with Crippen LogP contribution in [0.25, 0.3) is 5.57 Å². The Morgan fingerprint density at radius 1 is 1.27 bits per heavy atom. The normalized spacial score (nSPS) is 14.9. The van der Waals surface area contributed by atoms with E-state index in [-0.39, 0.29) is 5.78 Å². The minimum absolute atomic E-state index is 0.164. The average Bonchev–Trinajstić information content (AvgIpc) is 2.25. The molecular formula is C14H12O. The molecule has 0 fully saturated rings. The number of allylic oxidation sites excluding steroid dienone is 5. The second-order valence-electron chi connectivity index (χ2n) is 3.49. The zero-order valence-electron chi connectivity index (χ0n) is 8.44. The monoisotopic (exact) mass is 196 g/mol. The SMILES string of the molecule is C=CC=CC1=CC(=O)Cc2ccccc21. The molecule has 2 rings (SSSR count). The molecule has 0 atom stereocenters. The lowest BCUT2D eigenvalue weighted by Crippen LogP contribution is -2.07. The van der Waals surface area contributed by atoms with Gasteiger partial charge in [0.05, 0.1) is 0 Å². The number of ketones is 1. The van der Waals surface area contributed by atoms with Gasteiger partial charge in [-0.05, 0) is 22.8 Å². The van der Waals surface area contributed by atoms with E-state index in [0.717, 1.165) is 16.7 Å². The number of carbonyl (C=O) groups is 1. The van der Waals surface area contributed by atoms with Crippen molar-refractivity contribution in [3.63, 3.8) is 0 Å². The van der Waals surface area contributed by atoms with E-state index < -0.39 is 0 Å². The summed E-state index contributed by atoms with van der Waals surface area (Å²) in [5, 5.41) is 0. The van der Waals surface area contributed by atoms with E-state index in [2.05, 4.69) is 6.58 Å². The first-order valence-corrected chi connectivity index (χ1v) is 4.93. The summed E-state index contributed by atoms with van der Waals surface area (Å²) in [5.41, 5.74) is 3.23. The van der Waals surface area contributed by atoms with Crippen LogP contribution >= 0.6 is 0 Å². The Kier molecular flexibility index (Phi) is 2.64. The number of benzene rings is 1. The molecule has 1 aromatic carbocycles. The average molecular weight is 196 g/mol. The zero-order valence-corrected chi connectivity index (χ0v) is 8.44. The lowest BCUT2D eigenvalue weighted by molar-refractivity contribution is -0.114. The van der Waals surface area contributed by atoms with Gasteiger partial charge in [-0.1, -0.05) is 49.1 Å². The number of carbonyl (C=O) groups excluding carboxylic acids is 1. The quantitative estimate of drug-likeness (QED) is 0.665. The Morgan fingerprint density at radius 2 is 2.07 bits per heavy atom. The van der Waals surface area contributed by atoms with Gasteiger partial charge in [-0.2, -0.15) is 0 Å². The largest absolute Gasteiger partial charge is 0.294 e. The highest BCUT2D eigenvalue weighted by atomic mass is 16.1. The van der Waals surface area contributed by atoms with Gasteiger partial charge in [0, 0.05) is 6.42 Å². The van der Waals surface area contributed by atoms with Gasteiger partial charge in [0.2, 0.25) is 0 Å². The van der Waals surface area contributed by atoms with E-state index in [9.17, 15) is 4.79 Å². The molecule has 1 aromatic rings. The zero-order chi connectivity index (χ0) is 10.7. The van der Waals surface area contributed by atoms with Crippen molar-refractivity contribution in [3.8, 4) is 0 Å². The first kappa shape index (κ1) is 9.66. The van der Waals surface area contributed by atoms with Gasteiger partial charge < -0.3 is 0 Å². The van der Waals surface area contributed by atoms with Crippen molar-refractivity contribution in [1.82, 2.24) is 0 Å². The highest BCUT2D eigenvalue weighted by Gasteiger charge is 2.14. The first-order chi connectivity index (χ1) is 7.31. The van der Waals surface area contributed by atoms with E-state index in [1.807, 2.05) is 36.4 Å². The number of rotatable bonds is 2. The van der Waals surface area contributed by atoms with Crippen molar-refractivity contribution in [2.45, 2.75) is 6.42 Å². The summed E-state index contributed by atoms with van der Waals surface area (Å²) < 4.78 is 0. The molecule has 1 aliphatic rings. The van der Waals surface area contributed by atoms with E-state index in [4.69, 9.17) is 0 Å². The molecule has 0 aliphatic heterocycles. The van der Waals surface area contributed by atoms with Gasteiger partial charge in [0.1, 0.15) is 0 Å². The van der Waals surface area contributed by atoms with Crippen molar-refractivity contribution < 1.29 is 4.79 Å². The Hall–Kier alpha value is -1.89. The van der Waals surface area contributed by atoms with Gasteiger partial charge in [-0.25, -0.2) is 0 Å². The molecule has 0 amide bonds. The fourth-order valence-electron chi connectivity index (χ4n) is 1.76. The highest BCUT2D eigenvalue weighted by molar-refractivity contribution is 6.03. The maximum Gasteiger partial charge on any atom is 0.160 e. The van der Waals surface area contributed by atoms with E-state index in [1.165, 1.54) is 0 Å². The molecule has 0 aromatic heterocycles. The molecule has 1 nitrogen and oxygen atoms in total. The smallest absolute Gasteiger partial charge is 0.160 e. The molecule has 1 aliphatic carbocycles. The van der Waals surface area contributed by atoms with Crippen molar-refractivity contribution in [2.24, 2.45) is 0 Å². The van der Waals surface area contributed by atoms with Crippen LogP contribution in [0.2, 0.25) is 0 Å². The number of hydrogen-bond donors (Lipinski definition) is 0. The standard InChI is InChI=1S/C14H12O/c1-2-3-6-11-9-13(15)10-12-7-4-5-8-14(11)12/h2-9H,1,10H2. The van der Waals surface area contributed by atoms with Crippen LogP contribution in [0.5, 0.6) is 0 Å². The third-order valence-electron chi connectivity index (χ3n) is 2.42. The first-order valence-electron chi connectivity index (χ1n) is 4.93. The maximum absolute atomic E-state index is 11.5. The van der Waals surface area contributed by atoms with Crippen LogP contribution < -0.4 is 0 Å². The van der Waals surface area contributed by atoms with Gasteiger partial charge in [0.25, 0.3) is 0 Å². The predicted molar refractivity (Wildman–Crippen MR) is 62.5 cm³/mol. The molecule has 15 heavy (non-hydrogen) atoms. The summed E-state index contributed by atoms with van der Waals surface area (Å²) in [6.45, 7) is 3.62. The van der Waals surface area contributed by atoms with Crippen molar-refractivity contribution >= 4 is 11.4 Å². The fourth-order valence-corrected chi connectivity index (χ4v) is 1.76. The predicted octanol–water partition coefficient (Wildman–Crippen LogP) is 2.94. The second-order valence-corrected chi connectivity index (χ2v) is 3.49. The highest BCUT2D eigenvalue weighted by Crippen LogP contribution is 2.25. The minimum atomic E-state index is 0.164. The minimum Gasteiger partial charge on any atom is -0.294 e. The molecule has 74 valence electrons. The lowest BCUT2D eigenvalue weighted by atomic mass is 9.90. The summed E-state index contributed by atoms with van der Waals surface area (Å²) in [4.78, 5) is 11.5. The van der Waals surface area contributed by atoms with Crippen LogP contribution in [0, 0.1) is 0 Å². The summed E-state index contributed by atoms with van der Waals surface area (Å²) in [7, 11) is 0. The third kappa shape index (κ3) is 1.96. The molecular weight excluding hydrogens is 184 g/mol. The summed E-state index contributed by atoms with van der Waals surface area (Å²) in [5.74, 6) is 0.164. The summed E-state index contributed by atoms with van der Waals surface area (Å²) in [6.07, 6.45) is 7.69. The Balaban J connectivity index is 2.49. The van der Waals surface area contributed by atoms with E-state index in [1.54, 1.807) is 12.2 Å².